The summed E-state index contributed by atoms with van der Waals surface area (Å²) in [5.74, 6) is -2.59. The molecule has 1 aliphatic rings. The number of alkyl carbamates (subject to hydrolysis) is 1. The summed E-state index contributed by atoms with van der Waals surface area (Å²) >= 11 is 0. The van der Waals surface area contributed by atoms with E-state index in [2.05, 4.69) is 9.47 Å². The number of alkyl halides is 2. The molecule has 0 aromatic heterocycles. The fourth-order valence-electron chi connectivity index (χ4n) is 2.60. The molecule has 3 amide bonds. The number of carbonyl (C=O) groups is 4. The molecule has 8 nitrogen and oxygen atoms in total. The molecule has 0 saturated heterocycles. The number of methoxy groups -OCH3 is 1. The first-order chi connectivity index (χ1) is 13.3. The third-order valence-corrected chi connectivity index (χ3v) is 4.00. The van der Waals surface area contributed by atoms with Crippen molar-refractivity contribution in [3.8, 4) is 0 Å². The average molecular weight is 396 g/mol. The average Bonchev–Trinajstić information content (AvgIpc) is 2.92. The first-order valence-electron chi connectivity index (χ1n) is 8.22. The van der Waals surface area contributed by atoms with Gasteiger partial charge in [-0.3, -0.25) is 19.8 Å². The van der Waals surface area contributed by atoms with Crippen LogP contribution in [0.2, 0.25) is 0 Å². The van der Waals surface area contributed by atoms with Gasteiger partial charge in [0.15, 0.2) is 0 Å². The van der Waals surface area contributed by atoms with Crippen molar-refractivity contribution in [1.29, 1.82) is 0 Å². The molecule has 1 heterocycles. The highest BCUT2D eigenvalue weighted by Crippen LogP contribution is 2.24. The van der Waals surface area contributed by atoms with E-state index in [9.17, 15) is 28.0 Å². The predicted octanol–water partition coefficient (Wildman–Crippen LogP) is 1.76. The molecule has 0 spiro atoms. The third kappa shape index (κ3) is 3.85. The van der Waals surface area contributed by atoms with Gasteiger partial charge in [0, 0.05) is 6.54 Å². The summed E-state index contributed by atoms with van der Waals surface area (Å²) in [6.45, 7) is 0.820. The minimum atomic E-state index is -3.39. The maximum Gasteiger partial charge on any atom is 0.408 e. The van der Waals surface area contributed by atoms with Crippen LogP contribution in [-0.4, -0.2) is 61.0 Å². The lowest BCUT2D eigenvalue weighted by atomic mass is 9.99. The van der Waals surface area contributed by atoms with Crippen LogP contribution in [0.4, 0.5) is 13.6 Å². The number of fused-ring (bicyclic) bond motifs is 1. The Kier molecular flexibility index (Phi) is 6.45. The zero-order valence-electron chi connectivity index (χ0n) is 15.1. The summed E-state index contributed by atoms with van der Waals surface area (Å²) < 4.78 is 36.4. The highest BCUT2D eigenvalue weighted by molar-refractivity contribution is 6.21. The molecule has 1 aliphatic heterocycles. The van der Waals surface area contributed by atoms with Crippen molar-refractivity contribution in [2.45, 2.75) is 18.9 Å². The molecule has 1 unspecified atom stereocenters. The van der Waals surface area contributed by atoms with Gasteiger partial charge in [-0.2, -0.15) is 0 Å². The Morgan fingerprint density at radius 2 is 1.79 bits per heavy atom. The monoisotopic (exact) mass is 396 g/mol. The number of nitrogens with one attached hydrogen (secondary N) is 1. The molecule has 10 heteroatoms. The van der Waals surface area contributed by atoms with Gasteiger partial charge in [-0.25, -0.2) is 18.4 Å². The second-order valence-electron chi connectivity index (χ2n) is 5.68. The molecule has 150 valence electrons. The lowest BCUT2D eigenvalue weighted by Crippen LogP contribution is -2.59. The van der Waals surface area contributed by atoms with Gasteiger partial charge in [-0.05, 0) is 25.1 Å². The standard InChI is InChI=1S/C18H18F2N2O6/c1-3-28-16(25)18(15(19)20,21-17(26)27-2)9-6-10-22-13(23)11-7-4-5-8-12(11)14(22)24/h4-9,15H,3,10H2,1-2H3,(H,21,26)/b9-6+. The van der Waals surface area contributed by atoms with Crippen LogP contribution >= 0.6 is 0 Å². The molecule has 1 N–H and O–H groups in total. The zero-order chi connectivity index (χ0) is 20.9. The van der Waals surface area contributed by atoms with Gasteiger partial charge in [0.1, 0.15) is 0 Å². The molecule has 1 aromatic rings. The number of ether oxygens (including phenoxy) is 2. The van der Waals surface area contributed by atoms with Crippen molar-refractivity contribution in [1.82, 2.24) is 10.2 Å². The first-order valence-corrected chi connectivity index (χ1v) is 8.22. The van der Waals surface area contributed by atoms with E-state index in [0.29, 0.717) is 6.08 Å². The molecule has 2 rings (SSSR count). The molecule has 0 radical (unpaired) electrons. The van der Waals surface area contributed by atoms with Crippen LogP contribution in [0, 0.1) is 0 Å². The third-order valence-electron chi connectivity index (χ3n) is 4.00. The van der Waals surface area contributed by atoms with E-state index in [1.54, 1.807) is 17.4 Å². The van der Waals surface area contributed by atoms with Gasteiger partial charge in [-0.1, -0.05) is 18.2 Å². The van der Waals surface area contributed by atoms with Crippen molar-refractivity contribution in [2.24, 2.45) is 0 Å². The lowest BCUT2D eigenvalue weighted by molar-refractivity contribution is -0.154. The maximum absolute atomic E-state index is 13.7. The van der Waals surface area contributed by atoms with Gasteiger partial charge in [0.05, 0.1) is 24.8 Å². The lowest BCUT2D eigenvalue weighted by Gasteiger charge is -2.28. The normalized spacial score (nSPS) is 15.5. The number of amides is 3. The Bertz CT molecular complexity index is 791. The van der Waals surface area contributed by atoms with Gasteiger partial charge < -0.3 is 9.47 Å². The molecule has 1 atom stereocenters. The van der Waals surface area contributed by atoms with Crippen LogP contribution < -0.4 is 5.32 Å². The molecule has 0 aliphatic carbocycles. The number of nitrogens with zero attached hydrogens (tertiary/aromatic N) is 1. The SMILES string of the molecule is CCOC(=O)C(/C=C/CN1C(=O)c2ccccc2C1=O)(NC(=O)OC)C(F)F. The Labute approximate surface area is 159 Å². The topological polar surface area (TPSA) is 102 Å². The van der Waals surface area contributed by atoms with Crippen LogP contribution in [0.1, 0.15) is 27.6 Å². The summed E-state index contributed by atoms with van der Waals surface area (Å²) in [4.78, 5) is 49.0. The highest BCUT2D eigenvalue weighted by atomic mass is 19.3. The number of benzene rings is 1. The van der Waals surface area contributed by atoms with Crippen LogP contribution in [0.25, 0.3) is 0 Å². The number of hydrogen-bond acceptors (Lipinski definition) is 6. The van der Waals surface area contributed by atoms with Crippen molar-refractivity contribution in [3.63, 3.8) is 0 Å². The first kappa shape index (κ1) is 21.0. The molecule has 0 bridgehead atoms. The Hall–Kier alpha value is -3.30. The summed E-state index contributed by atoms with van der Waals surface area (Å²) in [7, 11) is 0.944. The Morgan fingerprint density at radius 3 is 2.25 bits per heavy atom. The molecule has 0 saturated carbocycles. The van der Waals surface area contributed by atoms with Crippen LogP contribution in [0.3, 0.4) is 0 Å². The molecule has 1 aromatic carbocycles. The molecule has 28 heavy (non-hydrogen) atoms. The summed E-state index contributed by atoms with van der Waals surface area (Å²) in [5, 5.41) is 1.77. The number of rotatable bonds is 7. The number of halogens is 2. The summed E-state index contributed by atoms with van der Waals surface area (Å²) in [6, 6.07) is 6.12. The van der Waals surface area contributed by atoms with E-state index in [4.69, 9.17) is 0 Å². The number of esters is 1. The zero-order valence-corrected chi connectivity index (χ0v) is 15.1. The number of carbonyl (C=O) groups excluding carboxylic acids is 4. The quantitative estimate of drug-likeness (QED) is 0.428. The van der Waals surface area contributed by atoms with Crippen molar-refractivity contribution >= 4 is 23.9 Å². The summed E-state index contributed by atoms with van der Waals surface area (Å²) in [6.07, 6.45) is -2.96. The van der Waals surface area contributed by atoms with Gasteiger partial charge in [0.25, 0.3) is 18.2 Å². The van der Waals surface area contributed by atoms with Crippen LogP contribution in [0.15, 0.2) is 36.4 Å². The second-order valence-corrected chi connectivity index (χ2v) is 5.68. The largest absolute Gasteiger partial charge is 0.464 e. The van der Waals surface area contributed by atoms with E-state index in [1.807, 2.05) is 0 Å². The van der Waals surface area contributed by atoms with E-state index in [0.717, 1.165) is 18.1 Å². The summed E-state index contributed by atoms with van der Waals surface area (Å²) in [5.41, 5.74) is -2.44. The van der Waals surface area contributed by atoms with E-state index in [1.165, 1.54) is 19.1 Å². The number of imide groups is 1. The highest BCUT2D eigenvalue weighted by Gasteiger charge is 2.48. The van der Waals surface area contributed by atoms with Gasteiger partial charge >= 0.3 is 12.1 Å². The number of hydrogen-bond donors (Lipinski definition) is 1. The Balaban J connectivity index is 2.28. The van der Waals surface area contributed by atoms with E-state index < -0.39 is 35.8 Å². The predicted molar refractivity (Wildman–Crippen MR) is 91.9 cm³/mol. The minimum Gasteiger partial charge on any atom is -0.464 e. The van der Waals surface area contributed by atoms with E-state index >= 15 is 0 Å². The van der Waals surface area contributed by atoms with Gasteiger partial charge in [-0.15, -0.1) is 0 Å². The van der Waals surface area contributed by atoms with Crippen molar-refractivity contribution in [3.05, 3.63) is 47.5 Å². The fraction of sp³-hybridized carbons (Fsp3) is 0.333. The molecular weight excluding hydrogens is 378 g/mol. The molecular formula is C18H18F2N2O6. The van der Waals surface area contributed by atoms with Crippen LogP contribution in [-0.2, 0) is 14.3 Å². The van der Waals surface area contributed by atoms with Crippen molar-refractivity contribution in [2.75, 3.05) is 20.3 Å². The van der Waals surface area contributed by atoms with Gasteiger partial charge in [0.2, 0.25) is 5.54 Å². The smallest absolute Gasteiger partial charge is 0.408 e. The Morgan fingerprint density at radius 1 is 1.21 bits per heavy atom. The fourth-order valence-corrected chi connectivity index (χ4v) is 2.60. The minimum absolute atomic E-state index is 0.194. The second kappa shape index (κ2) is 8.59. The van der Waals surface area contributed by atoms with Crippen LogP contribution in [0.5, 0.6) is 0 Å². The maximum atomic E-state index is 13.7. The molecule has 0 fully saturated rings. The van der Waals surface area contributed by atoms with E-state index in [-0.39, 0.29) is 24.3 Å². The van der Waals surface area contributed by atoms with Crippen molar-refractivity contribution < 1.29 is 37.4 Å².